The SMILES string of the molecule is CCN(CC)c1ccc(NC(=O)CN(C)Cc2cccs2)c(C)c1. The molecule has 0 saturated heterocycles. The molecule has 1 aromatic heterocycles. The van der Waals surface area contributed by atoms with Crippen LogP contribution < -0.4 is 10.2 Å². The molecule has 0 saturated carbocycles. The second-order valence-electron chi connectivity index (χ2n) is 5.97. The largest absolute Gasteiger partial charge is 0.372 e. The van der Waals surface area contributed by atoms with E-state index in [9.17, 15) is 4.79 Å². The quantitative estimate of drug-likeness (QED) is 0.786. The maximum Gasteiger partial charge on any atom is 0.238 e. The topological polar surface area (TPSA) is 35.6 Å². The summed E-state index contributed by atoms with van der Waals surface area (Å²) in [7, 11) is 1.97. The van der Waals surface area contributed by atoms with Crippen LogP contribution in [0.5, 0.6) is 0 Å². The van der Waals surface area contributed by atoms with Crippen molar-refractivity contribution in [2.24, 2.45) is 0 Å². The monoisotopic (exact) mass is 345 g/mol. The van der Waals surface area contributed by atoms with Crippen molar-refractivity contribution in [3.63, 3.8) is 0 Å². The molecule has 2 aromatic rings. The van der Waals surface area contributed by atoms with Gasteiger partial charge in [0.15, 0.2) is 0 Å². The number of hydrogen-bond donors (Lipinski definition) is 1. The van der Waals surface area contributed by atoms with Crippen molar-refractivity contribution >= 4 is 28.6 Å². The molecule has 0 bridgehead atoms. The van der Waals surface area contributed by atoms with Gasteiger partial charge in [-0.15, -0.1) is 11.3 Å². The average molecular weight is 346 g/mol. The van der Waals surface area contributed by atoms with Crippen molar-refractivity contribution in [1.82, 2.24) is 4.90 Å². The molecule has 130 valence electrons. The summed E-state index contributed by atoms with van der Waals surface area (Å²) in [5.74, 6) is 0.0211. The second kappa shape index (κ2) is 8.85. The molecule has 0 spiro atoms. The van der Waals surface area contributed by atoms with E-state index < -0.39 is 0 Å². The third-order valence-corrected chi connectivity index (χ3v) is 4.89. The Bertz CT molecular complexity index is 651. The van der Waals surface area contributed by atoms with Gasteiger partial charge in [0.25, 0.3) is 0 Å². The maximum absolute atomic E-state index is 12.3. The highest BCUT2D eigenvalue weighted by atomic mass is 32.1. The first-order valence-electron chi connectivity index (χ1n) is 8.39. The summed E-state index contributed by atoms with van der Waals surface area (Å²) >= 11 is 1.72. The normalized spacial score (nSPS) is 10.9. The van der Waals surface area contributed by atoms with E-state index in [1.54, 1.807) is 11.3 Å². The third kappa shape index (κ3) is 5.08. The van der Waals surface area contributed by atoms with Gasteiger partial charge in [-0.05, 0) is 63.0 Å². The lowest BCUT2D eigenvalue weighted by Gasteiger charge is -2.22. The zero-order valence-corrected chi connectivity index (χ0v) is 15.8. The molecule has 0 atom stereocenters. The van der Waals surface area contributed by atoms with Crippen LogP contribution in [0, 0.1) is 6.92 Å². The summed E-state index contributed by atoms with van der Waals surface area (Å²) in [6.07, 6.45) is 0. The van der Waals surface area contributed by atoms with Gasteiger partial charge in [-0.3, -0.25) is 9.69 Å². The van der Waals surface area contributed by atoms with E-state index in [2.05, 4.69) is 47.6 Å². The molecule has 0 aliphatic rings. The molecule has 0 aliphatic carbocycles. The lowest BCUT2D eigenvalue weighted by molar-refractivity contribution is -0.117. The number of nitrogens with one attached hydrogen (secondary N) is 1. The van der Waals surface area contributed by atoms with Crippen molar-refractivity contribution in [2.75, 3.05) is 36.9 Å². The minimum atomic E-state index is 0.0211. The van der Waals surface area contributed by atoms with Crippen LogP contribution in [0.2, 0.25) is 0 Å². The molecular weight excluding hydrogens is 318 g/mol. The van der Waals surface area contributed by atoms with Crippen molar-refractivity contribution in [3.05, 3.63) is 46.2 Å². The Kier molecular flexibility index (Phi) is 6.82. The fourth-order valence-electron chi connectivity index (χ4n) is 2.73. The van der Waals surface area contributed by atoms with E-state index in [1.807, 2.05) is 31.0 Å². The summed E-state index contributed by atoms with van der Waals surface area (Å²) in [5, 5.41) is 5.09. The van der Waals surface area contributed by atoms with E-state index in [4.69, 9.17) is 0 Å². The Hall–Kier alpha value is -1.85. The smallest absolute Gasteiger partial charge is 0.238 e. The summed E-state index contributed by atoms with van der Waals surface area (Å²) in [6.45, 7) is 9.48. The number of carbonyl (C=O) groups is 1. The van der Waals surface area contributed by atoms with E-state index in [0.29, 0.717) is 6.54 Å². The Labute approximate surface area is 149 Å². The van der Waals surface area contributed by atoms with Crippen LogP contribution >= 0.6 is 11.3 Å². The molecule has 1 amide bonds. The van der Waals surface area contributed by atoms with Crippen molar-refractivity contribution in [1.29, 1.82) is 0 Å². The molecule has 1 heterocycles. The number of nitrogens with zero attached hydrogens (tertiary/aromatic N) is 2. The Morgan fingerprint density at radius 3 is 2.54 bits per heavy atom. The number of benzene rings is 1. The van der Waals surface area contributed by atoms with Crippen LogP contribution in [0.15, 0.2) is 35.7 Å². The molecule has 0 aliphatic heterocycles. The predicted octanol–water partition coefficient (Wildman–Crippen LogP) is 3.97. The first-order chi connectivity index (χ1) is 11.5. The second-order valence-corrected chi connectivity index (χ2v) is 7.00. The minimum Gasteiger partial charge on any atom is -0.372 e. The van der Waals surface area contributed by atoms with Gasteiger partial charge in [-0.25, -0.2) is 0 Å². The van der Waals surface area contributed by atoms with Gasteiger partial charge in [0.05, 0.1) is 6.54 Å². The highest BCUT2D eigenvalue weighted by molar-refractivity contribution is 7.09. The number of hydrogen-bond acceptors (Lipinski definition) is 4. The molecule has 5 heteroatoms. The zero-order valence-electron chi connectivity index (χ0n) is 15.0. The predicted molar refractivity (Wildman–Crippen MR) is 104 cm³/mol. The Morgan fingerprint density at radius 1 is 1.21 bits per heavy atom. The van der Waals surface area contributed by atoms with Crippen LogP contribution in [0.3, 0.4) is 0 Å². The number of carbonyl (C=O) groups excluding carboxylic acids is 1. The van der Waals surface area contributed by atoms with E-state index in [0.717, 1.165) is 30.9 Å². The molecule has 0 unspecified atom stereocenters. The summed E-state index contributed by atoms with van der Waals surface area (Å²) in [6, 6.07) is 10.3. The highest BCUT2D eigenvalue weighted by Gasteiger charge is 2.10. The standard InChI is InChI=1S/C19H27N3OS/c1-5-22(6-2)16-9-10-18(15(3)12-16)20-19(23)14-21(4)13-17-8-7-11-24-17/h7-12H,5-6,13-14H2,1-4H3,(H,20,23). The number of amides is 1. The first kappa shape index (κ1) is 18.5. The zero-order chi connectivity index (χ0) is 17.5. The summed E-state index contributed by atoms with van der Waals surface area (Å²) < 4.78 is 0. The van der Waals surface area contributed by atoms with Gasteiger partial charge < -0.3 is 10.2 Å². The van der Waals surface area contributed by atoms with E-state index in [-0.39, 0.29) is 5.91 Å². The Morgan fingerprint density at radius 2 is 1.96 bits per heavy atom. The van der Waals surface area contributed by atoms with Crippen molar-refractivity contribution < 1.29 is 4.79 Å². The van der Waals surface area contributed by atoms with Gasteiger partial charge in [0.2, 0.25) is 5.91 Å². The summed E-state index contributed by atoms with van der Waals surface area (Å²) in [4.78, 5) is 17.9. The number of thiophene rings is 1. The highest BCUT2D eigenvalue weighted by Crippen LogP contribution is 2.22. The molecular formula is C19H27N3OS. The molecule has 24 heavy (non-hydrogen) atoms. The van der Waals surface area contributed by atoms with Gasteiger partial charge in [-0.2, -0.15) is 0 Å². The number of likely N-dealkylation sites (N-methyl/N-ethyl adjacent to an activating group) is 1. The van der Waals surface area contributed by atoms with Gasteiger partial charge in [-0.1, -0.05) is 6.07 Å². The lowest BCUT2D eigenvalue weighted by Crippen LogP contribution is -2.29. The minimum absolute atomic E-state index is 0.0211. The van der Waals surface area contributed by atoms with Gasteiger partial charge in [0, 0.05) is 35.9 Å². The van der Waals surface area contributed by atoms with Gasteiger partial charge >= 0.3 is 0 Å². The average Bonchev–Trinajstić information content (AvgIpc) is 3.03. The number of rotatable bonds is 8. The fourth-order valence-corrected chi connectivity index (χ4v) is 3.52. The number of aryl methyl sites for hydroxylation is 1. The Balaban J connectivity index is 1.93. The summed E-state index contributed by atoms with van der Waals surface area (Å²) in [5.41, 5.74) is 3.18. The first-order valence-corrected chi connectivity index (χ1v) is 9.27. The third-order valence-electron chi connectivity index (χ3n) is 4.03. The van der Waals surface area contributed by atoms with Crippen molar-refractivity contribution in [2.45, 2.75) is 27.3 Å². The fraction of sp³-hybridized carbons (Fsp3) is 0.421. The van der Waals surface area contributed by atoms with Crippen LogP contribution in [-0.4, -0.2) is 37.5 Å². The number of anilines is 2. The molecule has 0 radical (unpaired) electrons. The molecule has 1 aromatic carbocycles. The van der Waals surface area contributed by atoms with Crippen LogP contribution in [0.4, 0.5) is 11.4 Å². The molecule has 2 rings (SSSR count). The van der Waals surface area contributed by atoms with Crippen molar-refractivity contribution in [3.8, 4) is 0 Å². The van der Waals surface area contributed by atoms with E-state index >= 15 is 0 Å². The van der Waals surface area contributed by atoms with E-state index in [1.165, 1.54) is 10.6 Å². The lowest BCUT2D eigenvalue weighted by atomic mass is 10.1. The van der Waals surface area contributed by atoms with Crippen LogP contribution in [0.1, 0.15) is 24.3 Å². The molecule has 4 nitrogen and oxygen atoms in total. The van der Waals surface area contributed by atoms with Crippen LogP contribution in [0.25, 0.3) is 0 Å². The maximum atomic E-state index is 12.3. The molecule has 1 N–H and O–H groups in total. The van der Waals surface area contributed by atoms with Gasteiger partial charge in [0.1, 0.15) is 0 Å². The van der Waals surface area contributed by atoms with Crippen LogP contribution in [-0.2, 0) is 11.3 Å². The molecule has 0 fully saturated rings.